The topological polar surface area (TPSA) is 69.6 Å². The zero-order valence-electron chi connectivity index (χ0n) is 15.6. The van der Waals surface area contributed by atoms with Crippen LogP contribution in [0.4, 0.5) is 0 Å². The zero-order chi connectivity index (χ0) is 20.1. The predicted molar refractivity (Wildman–Crippen MR) is 110 cm³/mol. The number of carbonyl (C=O) groups is 1. The van der Waals surface area contributed by atoms with Crippen LogP contribution in [-0.4, -0.2) is 34.4 Å². The number of benzene rings is 2. The zero-order valence-corrected chi connectivity index (χ0v) is 17.1. The van der Waals surface area contributed by atoms with Gasteiger partial charge in [-0.1, -0.05) is 61.3 Å². The summed E-state index contributed by atoms with van der Waals surface area (Å²) in [6, 6.07) is 12.5. The molecule has 27 heavy (non-hydrogen) atoms. The highest BCUT2D eigenvalue weighted by Gasteiger charge is 2.26. The van der Waals surface area contributed by atoms with Gasteiger partial charge in [0.25, 0.3) is 0 Å². The molecule has 6 heteroatoms. The fourth-order valence-electron chi connectivity index (χ4n) is 2.75. The molecule has 2 rings (SSSR count). The molecule has 0 aliphatic carbocycles. The largest absolute Gasteiger partial charge is 0.391 e. The van der Waals surface area contributed by atoms with Crippen LogP contribution >= 0.6 is 23.2 Å². The van der Waals surface area contributed by atoms with Gasteiger partial charge in [-0.15, -0.1) is 0 Å². The van der Waals surface area contributed by atoms with E-state index in [4.69, 9.17) is 23.2 Å². The van der Waals surface area contributed by atoms with E-state index in [1.807, 2.05) is 36.4 Å². The normalized spacial score (nSPS) is 14.7. The van der Waals surface area contributed by atoms with Crippen LogP contribution in [-0.2, 0) is 11.2 Å². The van der Waals surface area contributed by atoms with Gasteiger partial charge in [-0.05, 0) is 48.2 Å². The van der Waals surface area contributed by atoms with Gasteiger partial charge in [-0.25, -0.2) is 0 Å². The monoisotopic (exact) mass is 409 g/mol. The molecular weight excluding hydrogens is 385 g/mol. The summed E-state index contributed by atoms with van der Waals surface area (Å²) >= 11 is 12.1. The van der Waals surface area contributed by atoms with Crippen LogP contribution < -0.4 is 5.32 Å². The van der Waals surface area contributed by atoms with Crippen LogP contribution in [0.25, 0.3) is 11.1 Å². The molecule has 146 valence electrons. The van der Waals surface area contributed by atoms with Crippen LogP contribution in [0.15, 0.2) is 42.5 Å². The van der Waals surface area contributed by atoms with E-state index >= 15 is 0 Å². The fourth-order valence-corrected chi connectivity index (χ4v) is 3.28. The molecule has 0 saturated heterocycles. The van der Waals surface area contributed by atoms with Crippen molar-refractivity contribution >= 4 is 29.1 Å². The van der Waals surface area contributed by atoms with Crippen molar-refractivity contribution in [2.24, 2.45) is 5.92 Å². The number of aliphatic hydroxyl groups excluding tert-OH is 2. The standard InChI is InChI=1S/C21H25Cl2NO3/c1-12(2)21(27)24-19(20(26)13(3)25)8-14-4-6-15(7-5-14)16-9-17(22)11-18(23)10-16/h4-7,9-13,19-20,25-26H,8H2,1-3H3,(H,24,27). The maximum absolute atomic E-state index is 12.0. The Morgan fingerprint density at radius 2 is 1.52 bits per heavy atom. The lowest BCUT2D eigenvalue weighted by Gasteiger charge is -2.27. The van der Waals surface area contributed by atoms with Crippen LogP contribution in [0, 0.1) is 5.92 Å². The Morgan fingerprint density at radius 3 is 2.00 bits per heavy atom. The first-order chi connectivity index (χ1) is 12.7. The molecule has 0 aliphatic rings. The van der Waals surface area contributed by atoms with Gasteiger partial charge < -0.3 is 15.5 Å². The fraction of sp³-hybridized carbons (Fsp3) is 0.381. The number of amides is 1. The SMILES string of the molecule is CC(C)C(=O)NC(Cc1ccc(-c2cc(Cl)cc(Cl)c2)cc1)C(O)C(C)O. The first kappa shape index (κ1) is 21.7. The van der Waals surface area contributed by atoms with Crippen molar-refractivity contribution in [1.82, 2.24) is 5.32 Å². The van der Waals surface area contributed by atoms with Gasteiger partial charge in [-0.2, -0.15) is 0 Å². The van der Waals surface area contributed by atoms with Crippen molar-refractivity contribution < 1.29 is 15.0 Å². The molecule has 0 fully saturated rings. The summed E-state index contributed by atoms with van der Waals surface area (Å²) in [4.78, 5) is 12.0. The Labute approximate surface area is 170 Å². The third-order valence-corrected chi connectivity index (χ3v) is 4.80. The number of aliphatic hydroxyl groups is 2. The first-order valence-electron chi connectivity index (χ1n) is 8.89. The van der Waals surface area contributed by atoms with Crippen LogP contribution in [0.5, 0.6) is 0 Å². The van der Waals surface area contributed by atoms with E-state index in [1.54, 1.807) is 19.9 Å². The Kier molecular flexibility index (Phi) is 7.68. The minimum Gasteiger partial charge on any atom is -0.391 e. The van der Waals surface area contributed by atoms with Crippen molar-refractivity contribution in [3.63, 3.8) is 0 Å². The number of hydrogen-bond donors (Lipinski definition) is 3. The average Bonchev–Trinajstić information content (AvgIpc) is 2.60. The molecule has 0 heterocycles. The highest BCUT2D eigenvalue weighted by atomic mass is 35.5. The van der Waals surface area contributed by atoms with Crippen LogP contribution in [0.3, 0.4) is 0 Å². The Balaban J connectivity index is 2.19. The molecular formula is C21H25Cl2NO3. The lowest BCUT2D eigenvalue weighted by molar-refractivity contribution is -0.126. The van der Waals surface area contributed by atoms with Gasteiger partial charge in [0.1, 0.15) is 6.10 Å². The van der Waals surface area contributed by atoms with E-state index in [2.05, 4.69) is 5.32 Å². The number of nitrogens with one attached hydrogen (secondary N) is 1. The van der Waals surface area contributed by atoms with Gasteiger partial charge in [0.2, 0.25) is 5.91 Å². The minimum absolute atomic E-state index is 0.162. The first-order valence-corrected chi connectivity index (χ1v) is 9.65. The molecule has 0 radical (unpaired) electrons. The third kappa shape index (κ3) is 6.22. The lowest BCUT2D eigenvalue weighted by Crippen LogP contribution is -2.50. The molecule has 3 N–H and O–H groups in total. The van der Waals surface area contributed by atoms with Gasteiger partial charge >= 0.3 is 0 Å². The molecule has 4 nitrogen and oxygen atoms in total. The molecule has 0 aromatic heterocycles. The van der Waals surface area contributed by atoms with Gasteiger partial charge in [0.05, 0.1) is 12.1 Å². The molecule has 3 unspecified atom stereocenters. The molecule has 0 aliphatic heterocycles. The second kappa shape index (κ2) is 9.56. The molecule has 2 aromatic rings. The summed E-state index contributed by atoms with van der Waals surface area (Å²) in [6.45, 7) is 5.07. The van der Waals surface area contributed by atoms with Gasteiger partial charge in [0.15, 0.2) is 0 Å². The minimum atomic E-state index is -1.06. The molecule has 2 aromatic carbocycles. The van der Waals surface area contributed by atoms with Crippen LogP contribution in [0.2, 0.25) is 10.0 Å². The molecule has 0 spiro atoms. The summed E-state index contributed by atoms with van der Waals surface area (Å²) in [7, 11) is 0. The van der Waals surface area contributed by atoms with E-state index in [0.29, 0.717) is 16.5 Å². The average molecular weight is 410 g/mol. The van der Waals surface area contributed by atoms with Crippen molar-refractivity contribution in [1.29, 1.82) is 0 Å². The summed E-state index contributed by atoms with van der Waals surface area (Å²) in [5, 5.41) is 24.0. The second-order valence-electron chi connectivity index (χ2n) is 7.06. The second-order valence-corrected chi connectivity index (χ2v) is 7.93. The Hall–Kier alpha value is -1.59. The van der Waals surface area contributed by atoms with Crippen molar-refractivity contribution in [2.75, 3.05) is 0 Å². The maximum atomic E-state index is 12.0. The van der Waals surface area contributed by atoms with E-state index in [-0.39, 0.29) is 11.8 Å². The Bertz CT molecular complexity index is 755. The number of rotatable bonds is 7. The van der Waals surface area contributed by atoms with E-state index in [9.17, 15) is 15.0 Å². The summed E-state index contributed by atoms with van der Waals surface area (Å²) in [6.07, 6.45) is -1.60. The summed E-state index contributed by atoms with van der Waals surface area (Å²) in [5.41, 5.74) is 2.80. The third-order valence-electron chi connectivity index (χ3n) is 4.36. The quantitative estimate of drug-likeness (QED) is 0.644. The molecule has 3 atom stereocenters. The smallest absolute Gasteiger partial charge is 0.222 e. The van der Waals surface area contributed by atoms with Gasteiger partial charge in [0, 0.05) is 16.0 Å². The van der Waals surface area contributed by atoms with E-state index in [1.165, 1.54) is 6.92 Å². The van der Waals surface area contributed by atoms with Crippen molar-refractivity contribution in [3.8, 4) is 11.1 Å². The molecule has 1 amide bonds. The molecule has 0 bridgehead atoms. The number of halogens is 2. The maximum Gasteiger partial charge on any atom is 0.222 e. The van der Waals surface area contributed by atoms with Crippen LogP contribution in [0.1, 0.15) is 26.3 Å². The van der Waals surface area contributed by atoms with Gasteiger partial charge in [-0.3, -0.25) is 4.79 Å². The highest BCUT2D eigenvalue weighted by molar-refractivity contribution is 6.35. The summed E-state index contributed by atoms with van der Waals surface area (Å²) < 4.78 is 0. The highest BCUT2D eigenvalue weighted by Crippen LogP contribution is 2.27. The number of carbonyl (C=O) groups excluding carboxylic acids is 1. The summed E-state index contributed by atoms with van der Waals surface area (Å²) in [5.74, 6) is -0.367. The lowest BCUT2D eigenvalue weighted by atomic mass is 9.96. The predicted octanol–water partition coefficient (Wildman–Crippen LogP) is 4.09. The number of hydrogen-bond acceptors (Lipinski definition) is 3. The van der Waals surface area contributed by atoms with Crippen molar-refractivity contribution in [2.45, 2.75) is 45.4 Å². The van der Waals surface area contributed by atoms with Crippen molar-refractivity contribution in [3.05, 3.63) is 58.1 Å². The Morgan fingerprint density at radius 1 is 0.963 bits per heavy atom. The molecule has 0 saturated carbocycles. The van der Waals surface area contributed by atoms with E-state index < -0.39 is 18.2 Å². The van der Waals surface area contributed by atoms with E-state index in [0.717, 1.165) is 16.7 Å².